The number of pyridine rings is 1. The number of nitrogens with two attached hydrogens (primary N) is 1. The highest BCUT2D eigenvalue weighted by atomic mass is 79.9. The number of rotatable bonds is 6. The van der Waals surface area contributed by atoms with Crippen molar-refractivity contribution < 1.29 is 18.3 Å². The summed E-state index contributed by atoms with van der Waals surface area (Å²) in [6.07, 6.45) is 1.79. The van der Waals surface area contributed by atoms with Gasteiger partial charge in [-0.3, -0.25) is 14.5 Å². The zero-order chi connectivity index (χ0) is 25.3. The lowest BCUT2D eigenvalue weighted by atomic mass is 9.94. The molecule has 1 atom stereocenters. The number of ether oxygens (including phenoxy) is 1. The van der Waals surface area contributed by atoms with E-state index in [0.717, 1.165) is 6.07 Å². The van der Waals surface area contributed by atoms with Crippen molar-refractivity contribution in [1.29, 1.82) is 5.26 Å². The van der Waals surface area contributed by atoms with E-state index >= 15 is 4.39 Å². The molecule has 0 aliphatic rings. The van der Waals surface area contributed by atoms with Crippen LogP contribution in [0.3, 0.4) is 0 Å². The van der Waals surface area contributed by atoms with Gasteiger partial charge < -0.3 is 10.5 Å². The maximum atomic E-state index is 15.2. The van der Waals surface area contributed by atoms with Crippen molar-refractivity contribution in [3.8, 4) is 23.2 Å². The van der Waals surface area contributed by atoms with Gasteiger partial charge in [-0.2, -0.15) is 10.4 Å². The average Bonchev–Trinajstić information content (AvgIpc) is 3.21. The molecule has 4 aromatic rings. The van der Waals surface area contributed by atoms with E-state index in [1.807, 2.05) is 6.07 Å². The summed E-state index contributed by atoms with van der Waals surface area (Å²) < 4.78 is 36.9. The largest absolute Gasteiger partial charge is 0.467 e. The van der Waals surface area contributed by atoms with E-state index < -0.39 is 23.5 Å². The van der Waals surface area contributed by atoms with Crippen LogP contribution in [0, 0.1) is 23.0 Å². The first kappa shape index (κ1) is 23.9. The monoisotopic (exact) mass is 539 g/mol. The first-order chi connectivity index (χ1) is 16.7. The second-order valence-corrected chi connectivity index (χ2v) is 8.19. The van der Waals surface area contributed by atoms with Gasteiger partial charge in [0.05, 0.1) is 17.5 Å². The predicted octanol–water partition coefficient (Wildman–Crippen LogP) is 4.14. The van der Waals surface area contributed by atoms with Gasteiger partial charge in [-0.15, -0.1) is 0 Å². The van der Waals surface area contributed by atoms with Crippen molar-refractivity contribution in [2.75, 3.05) is 5.73 Å². The van der Waals surface area contributed by atoms with Gasteiger partial charge in [-0.1, -0.05) is 0 Å². The molecule has 3 heterocycles. The quantitative estimate of drug-likeness (QED) is 0.361. The summed E-state index contributed by atoms with van der Waals surface area (Å²) in [6, 6.07) is 7.98. The molecule has 4 rings (SSSR count). The second kappa shape index (κ2) is 9.55. The van der Waals surface area contributed by atoms with E-state index in [9.17, 15) is 14.4 Å². The molecule has 0 saturated heterocycles. The number of ketones is 1. The molecular formula is C23H16BrF2N7O2. The summed E-state index contributed by atoms with van der Waals surface area (Å²) in [5.41, 5.74) is 5.86. The fourth-order valence-corrected chi connectivity index (χ4v) is 3.71. The minimum Gasteiger partial charge on any atom is -0.467 e. The number of hydrogen-bond acceptors (Lipinski definition) is 8. The average molecular weight is 540 g/mol. The molecule has 0 bridgehead atoms. The van der Waals surface area contributed by atoms with Gasteiger partial charge in [0.1, 0.15) is 39.8 Å². The Kier molecular flexibility index (Phi) is 6.52. The molecule has 9 nitrogen and oxygen atoms in total. The smallest absolute Gasteiger partial charge is 0.258 e. The lowest BCUT2D eigenvalue weighted by Crippen LogP contribution is -2.12. The number of nitrogen functional groups attached to an aromatic ring is 1. The van der Waals surface area contributed by atoms with Gasteiger partial charge in [0.15, 0.2) is 5.82 Å². The van der Waals surface area contributed by atoms with Crippen LogP contribution in [0.4, 0.5) is 14.6 Å². The Balaban J connectivity index is 1.83. The number of halogens is 3. The maximum Gasteiger partial charge on any atom is 0.258 e. The summed E-state index contributed by atoms with van der Waals surface area (Å²) in [5.74, 6) is -2.45. The van der Waals surface area contributed by atoms with Crippen LogP contribution in [0.25, 0.3) is 11.3 Å². The van der Waals surface area contributed by atoms with Gasteiger partial charge in [0.2, 0.25) is 5.78 Å². The SMILES string of the molecule is C[C@@H](Oc1nc(Br)cnc1N)c1cc(F)cc(F)c1-c1ncccc1C(=O)c1cc(C#N)n(C)n1. The topological polar surface area (TPSA) is 133 Å². The molecule has 0 radical (unpaired) electrons. The Bertz CT molecular complexity index is 1500. The molecule has 3 aromatic heterocycles. The van der Waals surface area contributed by atoms with Crippen molar-refractivity contribution in [3.05, 3.63) is 81.5 Å². The zero-order valence-electron chi connectivity index (χ0n) is 18.3. The fraction of sp³-hybridized carbons (Fsp3) is 0.130. The number of anilines is 1. The maximum absolute atomic E-state index is 15.2. The van der Waals surface area contributed by atoms with Crippen LogP contribution in [0.5, 0.6) is 5.88 Å². The molecule has 0 aliphatic heterocycles. The molecule has 0 aliphatic carbocycles. The van der Waals surface area contributed by atoms with Crippen molar-refractivity contribution in [3.63, 3.8) is 0 Å². The number of carbonyl (C=O) groups excluding carboxylic acids is 1. The minimum absolute atomic E-state index is 0.0100. The van der Waals surface area contributed by atoms with Gasteiger partial charge >= 0.3 is 0 Å². The Labute approximate surface area is 206 Å². The molecule has 0 saturated carbocycles. The van der Waals surface area contributed by atoms with Crippen molar-refractivity contribution in [2.45, 2.75) is 13.0 Å². The number of nitriles is 1. The Morgan fingerprint density at radius 1 is 1.29 bits per heavy atom. The Morgan fingerprint density at radius 3 is 2.77 bits per heavy atom. The highest BCUT2D eigenvalue weighted by molar-refractivity contribution is 9.10. The van der Waals surface area contributed by atoms with Crippen molar-refractivity contribution in [2.24, 2.45) is 7.05 Å². The number of aromatic nitrogens is 5. The van der Waals surface area contributed by atoms with Crippen molar-refractivity contribution >= 4 is 27.5 Å². The molecule has 0 spiro atoms. The number of nitrogens with zero attached hydrogens (tertiary/aromatic N) is 6. The van der Waals surface area contributed by atoms with Gasteiger partial charge in [-0.25, -0.2) is 18.7 Å². The van der Waals surface area contributed by atoms with E-state index in [1.165, 1.54) is 42.3 Å². The standard InChI is InChI=1S/C23H16BrF2N7O2/c1-11(35-23-22(28)30-10-18(24)31-23)15-6-12(25)7-16(26)19(15)20-14(4-3-5-29-20)21(34)17-8-13(9-27)33(2)32-17/h3-8,10-11H,1-2H3,(H2,28,30)/t11-/m1/s1. The zero-order valence-corrected chi connectivity index (χ0v) is 19.9. The number of aryl methyl sites for hydroxylation is 1. The molecule has 2 N–H and O–H groups in total. The van der Waals surface area contributed by atoms with E-state index in [-0.39, 0.29) is 45.5 Å². The van der Waals surface area contributed by atoms with E-state index in [2.05, 4.69) is 36.0 Å². The van der Waals surface area contributed by atoms with Crippen LogP contribution >= 0.6 is 15.9 Å². The van der Waals surface area contributed by atoms with E-state index in [4.69, 9.17) is 10.5 Å². The number of carbonyl (C=O) groups is 1. The fourth-order valence-electron chi connectivity index (χ4n) is 3.45. The Hall–Kier alpha value is -4.24. The van der Waals surface area contributed by atoms with Crippen molar-refractivity contribution in [1.82, 2.24) is 24.7 Å². The highest BCUT2D eigenvalue weighted by Crippen LogP contribution is 2.36. The molecule has 0 unspecified atom stereocenters. The molecule has 0 fully saturated rings. The highest BCUT2D eigenvalue weighted by Gasteiger charge is 2.26. The lowest BCUT2D eigenvalue weighted by molar-refractivity contribution is 0.103. The third-order valence-corrected chi connectivity index (χ3v) is 5.45. The van der Waals surface area contributed by atoms with Crippen LogP contribution in [-0.2, 0) is 7.05 Å². The predicted molar refractivity (Wildman–Crippen MR) is 124 cm³/mol. The third kappa shape index (κ3) is 4.71. The minimum atomic E-state index is -0.967. The molecular weight excluding hydrogens is 524 g/mol. The van der Waals surface area contributed by atoms with Gasteiger partial charge in [0.25, 0.3) is 5.88 Å². The van der Waals surface area contributed by atoms with Crippen LogP contribution in [0.15, 0.2) is 47.3 Å². The van der Waals surface area contributed by atoms with Gasteiger partial charge in [0, 0.05) is 36.5 Å². The summed E-state index contributed by atoms with van der Waals surface area (Å²) in [7, 11) is 1.52. The van der Waals surface area contributed by atoms with E-state index in [1.54, 1.807) is 6.92 Å². The molecule has 0 amide bonds. The molecule has 12 heteroatoms. The summed E-state index contributed by atoms with van der Waals surface area (Å²) in [5, 5.41) is 13.2. The van der Waals surface area contributed by atoms with Gasteiger partial charge in [-0.05, 0) is 41.1 Å². The summed E-state index contributed by atoms with van der Waals surface area (Å²) >= 11 is 3.17. The first-order valence-corrected chi connectivity index (χ1v) is 10.9. The van der Waals surface area contributed by atoms with Crippen LogP contribution in [0.1, 0.15) is 40.3 Å². The van der Waals surface area contributed by atoms with Crippen LogP contribution in [0.2, 0.25) is 0 Å². The normalized spacial score (nSPS) is 11.7. The Morgan fingerprint density at radius 2 is 2.06 bits per heavy atom. The molecule has 35 heavy (non-hydrogen) atoms. The van der Waals surface area contributed by atoms with E-state index in [0.29, 0.717) is 10.7 Å². The van der Waals surface area contributed by atoms with Crippen LogP contribution in [-0.4, -0.2) is 30.5 Å². The summed E-state index contributed by atoms with van der Waals surface area (Å²) in [4.78, 5) is 25.5. The number of hydrogen-bond donors (Lipinski definition) is 1. The first-order valence-electron chi connectivity index (χ1n) is 10.1. The van der Waals surface area contributed by atoms with Crippen LogP contribution < -0.4 is 10.5 Å². The lowest BCUT2D eigenvalue weighted by Gasteiger charge is -2.20. The molecule has 1 aromatic carbocycles. The second-order valence-electron chi connectivity index (χ2n) is 7.37. The number of benzene rings is 1. The summed E-state index contributed by atoms with van der Waals surface area (Å²) in [6.45, 7) is 1.54. The third-order valence-electron chi connectivity index (χ3n) is 5.07. The molecule has 176 valence electrons.